The normalized spacial score (nSPS) is 15.0. The topological polar surface area (TPSA) is 62.6 Å². The Morgan fingerprint density at radius 1 is 1.20 bits per heavy atom. The average Bonchev–Trinajstić information content (AvgIpc) is 2.69. The minimum atomic E-state index is -0.378. The van der Waals surface area contributed by atoms with E-state index in [2.05, 4.69) is 5.32 Å². The molecule has 1 aromatic heterocycles. The first-order valence-corrected chi connectivity index (χ1v) is 6.54. The average molecular weight is 288 g/mol. The second kappa shape index (κ2) is 4.42. The van der Waals surface area contributed by atoms with Gasteiger partial charge in [-0.05, 0) is 49.3 Å². The van der Waals surface area contributed by atoms with Gasteiger partial charge in [0.1, 0.15) is 5.58 Å². The van der Waals surface area contributed by atoms with Crippen LogP contribution in [0, 0.1) is 13.8 Å². The van der Waals surface area contributed by atoms with Crippen molar-refractivity contribution < 1.29 is 9.21 Å². The van der Waals surface area contributed by atoms with E-state index < -0.39 is 0 Å². The van der Waals surface area contributed by atoms with E-state index in [0.29, 0.717) is 10.7 Å². The highest BCUT2D eigenvalue weighted by Crippen LogP contribution is 2.29. The van der Waals surface area contributed by atoms with Gasteiger partial charge in [0.25, 0.3) is 5.91 Å². The van der Waals surface area contributed by atoms with Crippen molar-refractivity contribution in [1.29, 1.82) is 0 Å². The van der Waals surface area contributed by atoms with Crippen LogP contribution >= 0.6 is 12.2 Å². The van der Waals surface area contributed by atoms with Crippen molar-refractivity contribution in [3.63, 3.8) is 0 Å². The molecule has 0 atom stereocenters. The molecule has 5 nitrogen and oxygen atoms in total. The second-order valence-corrected chi connectivity index (χ2v) is 5.16. The van der Waals surface area contributed by atoms with Crippen LogP contribution in [-0.4, -0.2) is 17.6 Å². The number of carbonyl (C=O) groups excluding carboxylic acids is 1. The lowest BCUT2D eigenvalue weighted by Crippen LogP contribution is -2.31. The summed E-state index contributed by atoms with van der Waals surface area (Å²) in [6, 6.07) is 5.03. The third-order valence-corrected chi connectivity index (χ3v) is 3.68. The number of thiocarbonyl (C=S) groups is 1. The van der Waals surface area contributed by atoms with E-state index in [1.165, 1.54) is 11.0 Å². The number of nitrogens with zero attached hydrogens (tertiary/aromatic N) is 1. The Morgan fingerprint density at radius 3 is 2.60 bits per heavy atom. The van der Waals surface area contributed by atoms with Crippen molar-refractivity contribution in [2.75, 3.05) is 11.4 Å². The van der Waals surface area contributed by atoms with Crippen LogP contribution in [0.5, 0.6) is 0 Å². The molecule has 0 radical (unpaired) electrons. The van der Waals surface area contributed by atoms with Crippen LogP contribution in [-0.2, 0) is 4.79 Å². The zero-order valence-corrected chi connectivity index (χ0v) is 11.8. The monoisotopic (exact) mass is 288 g/mol. The van der Waals surface area contributed by atoms with E-state index in [0.717, 1.165) is 22.2 Å². The van der Waals surface area contributed by atoms with Gasteiger partial charge in [0.15, 0.2) is 5.11 Å². The maximum absolute atomic E-state index is 11.9. The molecule has 1 aliphatic heterocycles. The van der Waals surface area contributed by atoms with E-state index in [4.69, 9.17) is 16.6 Å². The minimum absolute atomic E-state index is 0.0903. The maximum Gasteiger partial charge on any atom is 0.336 e. The van der Waals surface area contributed by atoms with Gasteiger partial charge in [-0.1, -0.05) is 0 Å². The van der Waals surface area contributed by atoms with Crippen LogP contribution in [0.4, 0.5) is 5.69 Å². The Hall–Kier alpha value is -2.21. The lowest BCUT2D eigenvalue weighted by molar-refractivity contribution is -0.115. The second-order valence-electron chi connectivity index (χ2n) is 4.77. The lowest BCUT2D eigenvalue weighted by atomic mass is 10.1. The van der Waals surface area contributed by atoms with E-state index in [-0.39, 0.29) is 18.1 Å². The van der Waals surface area contributed by atoms with Crippen LogP contribution in [0.15, 0.2) is 27.4 Å². The largest absolute Gasteiger partial charge is 0.423 e. The summed E-state index contributed by atoms with van der Waals surface area (Å²) >= 11 is 5.16. The van der Waals surface area contributed by atoms with Crippen molar-refractivity contribution in [3.8, 4) is 0 Å². The summed E-state index contributed by atoms with van der Waals surface area (Å²) < 4.78 is 5.19. The molecule has 0 aliphatic carbocycles. The molecule has 0 unspecified atom stereocenters. The molecular weight excluding hydrogens is 276 g/mol. The summed E-state index contributed by atoms with van der Waals surface area (Å²) in [6.07, 6.45) is 0. The van der Waals surface area contributed by atoms with Crippen LogP contribution in [0.3, 0.4) is 0 Å². The fourth-order valence-corrected chi connectivity index (χ4v) is 2.63. The number of rotatable bonds is 1. The number of hydrogen-bond acceptors (Lipinski definition) is 4. The van der Waals surface area contributed by atoms with Gasteiger partial charge in [-0.3, -0.25) is 9.69 Å². The van der Waals surface area contributed by atoms with Crippen molar-refractivity contribution in [2.45, 2.75) is 13.8 Å². The number of nitrogens with one attached hydrogen (secondary N) is 1. The van der Waals surface area contributed by atoms with Crippen LogP contribution in [0.2, 0.25) is 0 Å². The molecular formula is C14H12N2O3S. The standard InChI is InChI=1S/C14H12N2O3S/c1-7-4-13(18)19-11-3-8(2)10(5-9(7)11)16-12(17)6-15-14(16)20/h3-5H,6H2,1-2H3,(H,15,20). The molecule has 3 rings (SSSR count). The van der Waals surface area contributed by atoms with E-state index in [9.17, 15) is 9.59 Å². The molecule has 2 heterocycles. The summed E-state index contributed by atoms with van der Waals surface area (Å²) in [5.74, 6) is -0.0903. The zero-order chi connectivity index (χ0) is 14.4. The third kappa shape index (κ3) is 1.89. The highest BCUT2D eigenvalue weighted by molar-refractivity contribution is 7.80. The number of benzene rings is 1. The fourth-order valence-electron chi connectivity index (χ4n) is 2.36. The Balaban J connectivity index is 2.27. The van der Waals surface area contributed by atoms with Gasteiger partial charge in [-0.25, -0.2) is 4.79 Å². The number of anilines is 1. The van der Waals surface area contributed by atoms with Crippen molar-refractivity contribution >= 4 is 39.9 Å². The Morgan fingerprint density at radius 2 is 1.95 bits per heavy atom. The molecule has 1 aromatic carbocycles. The maximum atomic E-state index is 11.9. The number of carbonyl (C=O) groups is 1. The number of amides is 1. The van der Waals surface area contributed by atoms with Crippen molar-refractivity contribution in [1.82, 2.24) is 5.32 Å². The first kappa shape index (κ1) is 12.8. The van der Waals surface area contributed by atoms with Gasteiger partial charge in [0.05, 0.1) is 12.2 Å². The Bertz CT molecular complexity index is 794. The van der Waals surface area contributed by atoms with E-state index in [1.54, 1.807) is 6.07 Å². The van der Waals surface area contributed by atoms with Crippen LogP contribution in [0.1, 0.15) is 11.1 Å². The van der Waals surface area contributed by atoms with Gasteiger partial charge in [0.2, 0.25) is 0 Å². The molecule has 0 bridgehead atoms. The smallest absolute Gasteiger partial charge is 0.336 e. The highest BCUT2D eigenvalue weighted by atomic mass is 32.1. The molecule has 102 valence electrons. The van der Waals surface area contributed by atoms with Gasteiger partial charge < -0.3 is 9.73 Å². The predicted molar refractivity (Wildman–Crippen MR) is 80.0 cm³/mol. The molecule has 1 fully saturated rings. The fraction of sp³-hybridized carbons (Fsp3) is 0.214. The third-order valence-electron chi connectivity index (χ3n) is 3.35. The number of fused-ring (bicyclic) bond motifs is 1. The van der Waals surface area contributed by atoms with Gasteiger partial charge in [-0.15, -0.1) is 0 Å². The first-order chi connectivity index (χ1) is 9.47. The minimum Gasteiger partial charge on any atom is -0.423 e. The SMILES string of the molecule is Cc1cc2oc(=O)cc(C)c2cc1N1C(=O)CNC1=S. The number of hydrogen-bond donors (Lipinski definition) is 1. The predicted octanol–water partition coefficient (Wildman–Crippen LogP) is 1.63. The Labute approximate surface area is 120 Å². The molecule has 1 aliphatic rings. The van der Waals surface area contributed by atoms with Crippen LogP contribution < -0.4 is 15.8 Å². The van der Waals surface area contributed by atoms with Crippen molar-refractivity contribution in [3.05, 3.63) is 39.7 Å². The highest BCUT2D eigenvalue weighted by Gasteiger charge is 2.28. The van der Waals surface area contributed by atoms with Crippen molar-refractivity contribution in [2.24, 2.45) is 0 Å². The van der Waals surface area contributed by atoms with Gasteiger partial charge in [-0.2, -0.15) is 0 Å². The molecule has 1 amide bonds. The summed E-state index contributed by atoms with van der Waals surface area (Å²) in [6.45, 7) is 3.89. The first-order valence-electron chi connectivity index (χ1n) is 6.13. The molecule has 2 aromatic rings. The molecule has 1 saturated heterocycles. The van der Waals surface area contributed by atoms with Gasteiger partial charge >= 0.3 is 5.63 Å². The summed E-state index contributed by atoms with van der Waals surface area (Å²) in [4.78, 5) is 24.8. The molecule has 6 heteroatoms. The summed E-state index contributed by atoms with van der Waals surface area (Å²) in [7, 11) is 0. The zero-order valence-electron chi connectivity index (χ0n) is 11.0. The molecule has 20 heavy (non-hydrogen) atoms. The summed E-state index contributed by atoms with van der Waals surface area (Å²) in [5.41, 5.74) is 2.49. The molecule has 0 spiro atoms. The molecule has 1 N–H and O–H groups in total. The van der Waals surface area contributed by atoms with Crippen LogP contribution in [0.25, 0.3) is 11.0 Å². The summed E-state index contributed by atoms with van der Waals surface area (Å²) in [5, 5.41) is 4.05. The van der Waals surface area contributed by atoms with E-state index >= 15 is 0 Å². The lowest BCUT2D eigenvalue weighted by Gasteiger charge is -2.18. The Kier molecular flexibility index (Phi) is 2.83. The number of aryl methyl sites for hydroxylation is 2. The van der Waals surface area contributed by atoms with E-state index in [1.807, 2.05) is 19.9 Å². The molecule has 0 saturated carbocycles. The van der Waals surface area contributed by atoms with Gasteiger partial charge in [0, 0.05) is 11.5 Å². The quantitative estimate of drug-likeness (QED) is 0.638.